The van der Waals surface area contributed by atoms with Crippen LogP contribution in [0.25, 0.3) is 0 Å². The molecule has 3 unspecified atom stereocenters. The molecular weight excluding hydrogens is 272 g/mol. The van der Waals surface area contributed by atoms with Crippen molar-refractivity contribution in [3.63, 3.8) is 0 Å². The van der Waals surface area contributed by atoms with Gasteiger partial charge in [-0.05, 0) is 56.1 Å². The first-order valence-electron chi connectivity index (χ1n) is 8.34. The number of allylic oxidation sites excluding steroid dienone is 5. The zero-order valence-electron chi connectivity index (χ0n) is 14.5. The largest absolute Gasteiger partial charge is 0.396 e. The SMILES string of the molecule is C=C(C)C1CC=C(C)C(O)C1.CC(C)C1=CCC(CO)C=C1. The maximum Gasteiger partial charge on any atom is 0.0753 e. The van der Waals surface area contributed by atoms with E-state index in [2.05, 4.69) is 44.7 Å². The van der Waals surface area contributed by atoms with Crippen molar-refractivity contribution in [2.24, 2.45) is 17.8 Å². The topological polar surface area (TPSA) is 40.5 Å². The van der Waals surface area contributed by atoms with E-state index in [0.29, 0.717) is 17.8 Å². The van der Waals surface area contributed by atoms with Crippen LogP contribution in [-0.4, -0.2) is 22.9 Å². The molecule has 2 aliphatic carbocycles. The number of hydrogen-bond acceptors (Lipinski definition) is 2. The zero-order chi connectivity index (χ0) is 16.7. The minimum absolute atomic E-state index is 0.231. The van der Waals surface area contributed by atoms with Crippen LogP contribution in [0.5, 0.6) is 0 Å². The van der Waals surface area contributed by atoms with E-state index in [4.69, 9.17) is 5.11 Å². The molecule has 0 saturated heterocycles. The molecule has 0 aromatic carbocycles. The van der Waals surface area contributed by atoms with E-state index in [1.165, 1.54) is 11.1 Å². The van der Waals surface area contributed by atoms with Crippen LogP contribution in [0.3, 0.4) is 0 Å². The lowest BCUT2D eigenvalue weighted by Crippen LogP contribution is -2.19. The molecule has 124 valence electrons. The summed E-state index contributed by atoms with van der Waals surface area (Å²) in [5.41, 5.74) is 3.70. The molecule has 0 saturated carbocycles. The fourth-order valence-corrected chi connectivity index (χ4v) is 2.66. The van der Waals surface area contributed by atoms with Gasteiger partial charge in [0, 0.05) is 12.5 Å². The molecule has 0 heterocycles. The predicted octanol–water partition coefficient (Wildman–Crippen LogP) is 4.42. The summed E-state index contributed by atoms with van der Waals surface area (Å²) in [5.74, 6) is 1.47. The highest BCUT2D eigenvalue weighted by Gasteiger charge is 2.19. The van der Waals surface area contributed by atoms with Crippen LogP contribution < -0.4 is 0 Å². The zero-order valence-corrected chi connectivity index (χ0v) is 14.5. The van der Waals surface area contributed by atoms with Crippen LogP contribution >= 0.6 is 0 Å². The quantitative estimate of drug-likeness (QED) is 0.758. The molecule has 2 rings (SSSR count). The minimum atomic E-state index is -0.231. The third-order valence-electron chi connectivity index (χ3n) is 4.57. The van der Waals surface area contributed by atoms with Gasteiger partial charge in [-0.1, -0.05) is 50.3 Å². The van der Waals surface area contributed by atoms with Crippen molar-refractivity contribution in [1.82, 2.24) is 0 Å². The van der Waals surface area contributed by atoms with Gasteiger partial charge in [-0.3, -0.25) is 0 Å². The van der Waals surface area contributed by atoms with Gasteiger partial charge in [0.2, 0.25) is 0 Å². The Morgan fingerprint density at radius 2 is 2.00 bits per heavy atom. The van der Waals surface area contributed by atoms with E-state index >= 15 is 0 Å². The highest BCUT2D eigenvalue weighted by molar-refractivity contribution is 5.25. The second-order valence-electron chi connectivity index (χ2n) is 6.87. The fourth-order valence-electron chi connectivity index (χ4n) is 2.66. The van der Waals surface area contributed by atoms with E-state index in [9.17, 15) is 5.11 Å². The van der Waals surface area contributed by atoms with Gasteiger partial charge in [0.15, 0.2) is 0 Å². The number of rotatable bonds is 3. The van der Waals surface area contributed by atoms with E-state index in [1.807, 2.05) is 13.8 Å². The Morgan fingerprint density at radius 3 is 2.41 bits per heavy atom. The minimum Gasteiger partial charge on any atom is -0.396 e. The lowest BCUT2D eigenvalue weighted by Gasteiger charge is -2.24. The molecule has 2 heteroatoms. The van der Waals surface area contributed by atoms with Crippen molar-refractivity contribution < 1.29 is 10.2 Å². The van der Waals surface area contributed by atoms with Gasteiger partial charge in [-0.2, -0.15) is 0 Å². The molecule has 0 aromatic rings. The number of aliphatic hydroxyl groups is 2. The van der Waals surface area contributed by atoms with Crippen LogP contribution in [0, 0.1) is 17.8 Å². The molecule has 2 nitrogen and oxygen atoms in total. The Hall–Kier alpha value is -1.12. The summed E-state index contributed by atoms with van der Waals surface area (Å²) in [7, 11) is 0. The highest BCUT2D eigenvalue weighted by atomic mass is 16.3. The Balaban J connectivity index is 0.000000220. The van der Waals surface area contributed by atoms with Crippen LogP contribution in [0.2, 0.25) is 0 Å². The van der Waals surface area contributed by atoms with Gasteiger partial charge in [-0.25, -0.2) is 0 Å². The Kier molecular flexibility index (Phi) is 7.84. The molecule has 0 aromatic heterocycles. The summed E-state index contributed by atoms with van der Waals surface area (Å²) < 4.78 is 0. The van der Waals surface area contributed by atoms with Crippen molar-refractivity contribution in [3.8, 4) is 0 Å². The van der Waals surface area contributed by atoms with Crippen molar-refractivity contribution in [2.75, 3.05) is 6.61 Å². The fraction of sp³-hybridized carbons (Fsp3) is 0.600. The predicted molar refractivity (Wildman–Crippen MR) is 94.6 cm³/mol. The molecule has 22 heavy (non-hydrogen) atoms. The lowest BCUT2D eigenvalue weighted by atomic mass is 9.84. The van der Waals surface area contributed by atoms with Gasteiger partial charge in [0.25, 0.3) is 0 Å². The second kappa shape index (κ2) is 9.12. The maximum atomic E-state index is 9.49. The van der Waals surface area contributed by atoms with E-state index in [1.54, 1.807) is 0 Å². The first-order chi connectivity index (χ1) is 10.3. The monoisotopic (exact) mass is 304 g/mol. The molecule has 0 bridgehead atoms. The summed E-state index contributed by atoms with van der Waals surface area (Å²) in [5, 5.41) is 18.3. The molecule has 0 amide bonds. The van der Waals surface area contributed by atoms with E-state index in [0.717, 1.165) is 24.8 Å². The van der Waals surface area contributed by atoms with E-state index < -0.39 is 0 Å². The van der Waals surface area contributed by atoms with Gasteiger partial charge >= 0.3 is 0 Å². The third kappa shape index (κ3) is 5.94. The Bertz CT molecular complexity index is 454. The second-order valence-corrected chi connectivity index (χ2v) is 6.87. The normalized spacial score (nSPS) is 27.7. The summed E-state index contributed by atoms with van der Waals surface area (Å²) in [6.07, 6.45) is 11.3. The average molecular weight is 304 g/mol. The lowest BCUT2D eigenvalue weighted by molar-refractivity contribution is 0.174. The number of hydrogen-bond donors (Lipinski definition) is 2. The van der Waals surface area contributed by atoms with Crippen molar-refractivity contribution in [2.45, 2.75) is 53.1 Å². The smallest absolute Gasteiger partial charge is 0.0753 e. The van der Waals surface area contributed by atoms with Crippen LogP contribution in [0.4, 0.5) is 0 Å². The molecule has 0 spiro atoms. The molecule has 0 fully saturated rings. The van der Waals surface area contributed by atoms with Gasteiger partial charge < -0.3 is 10.2 Å². The van der Waals surface area contributed by atoms with Crippen LogP contribution in [0.15, 0.2) is 47.6 Å². The van der Waals surface area contributed by atoms with Crippen molar-refractivity contribution in [3.05, 3.63) is 47.6 Å². The molecule has 0 aliphatic heterocycles. The van der Waals surface area contributed by atoms with E-state index in [-0.39, 0.29) is 12.7 Å². The summed E-state index contributed by atoms with van der Waals surface area (Å²) in [6.45, 7) is 12.6. The van der Waals surface area contributed by atoms with Gasteiger partial charge in [0.05, 0.1) is 6.10 Å². The Morgan fingerprint density at radius 1 is 1.32 bits per heavy atom. The van der Waals surface area contributed by atoms with Gasteiger partial charge in [-0.15, -0.1) is 0 Å². The van der Waals surface area contributed by atoms with Crippen molar-refractivity contribution in [1.29, 1.82) is 0 Å². The molecular formula is C20H32O2. The standard InChI is InChI=1S/2C10H16O/c1-7(2)9-5-4-8(3)10(11)6-9;1-8(2)10-5-3-9(7-11)4-6-10/h4,9-11H,1,5-6H2,2-3H3;3,5-6,8-9,11H,4,7H2,1-2H3. The Labute approximate surface area is 135 Å². The summed E-state index contributed by atoms with van der Waals surface area (Å²) in [4.78, 5) is 0. The third-order valence-corrected chi connectivity index (χ3v) is 4.57. The summed E-state index contributed by atoms with van der Waals surface area (Å²) in [6, 6.07) is 0. The molecule has 0 radical (unpaired) electrons. The molecule has 3 atom stereocenters. The highest BCUT2D eigenvalue weighted by Crippen LogP contribution is 2.28. The molecule has 2 aliphatic rings. The average Bonchev–Trinajstić information content (AvgIpc) is 2.50. The summed E-state index contributed by atoms with van der Waals surface area (Å²) >= 11 is 0. The molecule has 2 N–H and O–H groups in total. The van der Waals surface area contributed by atoms with Crippen LogP contribution in [-0.2, 0) is 0 Å². The van der Waals surface area contributed by atoms with Gasteiger partial charge in [0.1, 0.15) is 0 Å². The first kappa shape index (κ1) is 18.9. The number of aliphatic hydroxyl groups excluding tert-OH is 2. The maximum absolute atomic E-state index is 9.49. The van der Waals surface area contributed by atoms with Crippen LogP contribution in [0.1, 0.15) is 47.0 Å². The first-order valence-corrected chi connectivity index (χ1v) is 8.34. The van der Waals surface area contributed by atoms with Crippen molar-refractivity contribution >= 4 is 0 Å².